The van der Waals surface area contributed by atoms with Crippen LogP contribution in [0, 0.1) is 0 Å². The number of allylic oxidation sites excluding steroid dienone is 1. The number of hydrogen-bond donors (Lipinski definition) is 0. The fraction of sp³-hybridized carbons (Fsp3) is 0. The molecule has 0 atom stereocenters. The molecule has 0 aromatic rings. The molecule has 0 N–H and O–H groups in total. The summed E-state index contributed by atoms with van der Waals surface area (Å²) in [7, 11) is 0. The smallest absolute Gasteiger partial charge is 0.255 e. The predicted octanol–water partition coefficient (Wildman–Crippen LogP) is 0.824. The largest absolute Gasteiger partial charge is 0.332 e. The van der Waals surface area contributed by atoms with Gasteiger partial charge in [-0.3, -0.25) is 4.79 Å². The van der Waals surface area contributed by atoms with Gasteiger partial charge in [0.2, 0.25) is 0 Å². The van der Waals surface area contributed by atoms with Crippen molar-refractivity contribution in [2.45, 2.75) is 0 Å². The van der Waals surface area contributed by atoms with Gasteiger partial charge < -0.3 is 0 Å². The molecule has 0 aromatic carbocycles. The van der Waals surface area contributed by atoms with Gasteiger partial charge in [-0.05, 0) is 0 Å². The number of carbonyl (C=O) groups excluding carboxylic acids is 1. The first-order chi connectivity index (χ1) is 2.77. The van der Waals surface area contributed by atoms with E-state index in [-0.39, 0.29) is 0 Å². The average Bonchev–Trinajstić information content (AvgIpc) is 1.35. The molecule has 0 amide bonds. The minimum absolute atomic E-state index is 0.625. The van der Waals surface area contributed by atoms with E-state index in [4.69, 9.17) is 0 Å². The lowest BCUT2D eigenvalue weighted by molar-refractivity contribution is -0.124. The predicted molar refractivity (Wildman–Crippen MR) is 19.8 cm³/mol. The molecule has 0 fully saturated rings. The Morgan fingerprint density at radius 3 is 2.50 bits per heavy atom. The van der Waals surface area contributed by atoms with E-state index in [1.807, 2.05) is 5.73 Å². The molecule has 0 aliphatic rings. The third-order valence-electron chi connectivity index (χ3n) is 0.216. The molecule has 0 saturated heterocycles. The zero-order valence-corrected chi connectivity index (χ0v) is 3.07. The minimum atomic E-state index is -1.51. The third-order valence-corrected chi connectivity index (χ3v) is 0.216. The van der Waals surface area contributed by atoms with Gasteiger partial charge in [-0.2, -0.15) is 4.39 Å². The van der Waals surface area contributed by atoms with Crippen molar-refractivity contribution < 1.29 is 9.18 Å². The Morgan fingerprint density at radius 1 is 2.00 bits per heavy atom. The van der Waals surface area contributed by atoms with Crippen molar-refractivity contribution in [3.8, 4) is 0 Å². The highest BCUT2D eigenvalue weighted by Gasteiger charge is 1.79. The minimum Gasteiger partial charge on any atom is -0.255 e. The summed E-state index contributed by atoms with van der Waals surface area (Å²) in [5, 5.41) is 0. The van der Waals surface area contributed by atoms with E-state index in [1.165, 1.54) is 0 Å². The van der Waals surface area contributed by atoms with Crippen LogP contribution in [0.15, 0.2) is 18.4 Å². The Bertz CT molecular complexity index is 100. The third kappa shape index (κ3) is 3.12. The van der Waals surface area contributed by atoms with Crippen molar-refractivity contribution in [1.29, 1.82) is 0 Å². The summed E-state index contributed by atoms with van der Waals surface area (Å²) < 4.78 is 10.9. The van der Waals surface area contributed by atoms with E-state index in [0.717, 1.165) is 0 Å². The molecule has 0 rings (SSSR count). The van der Waals surface area contributed by atoms with E-state index in [1.54, 1.807) is 0 Å². The van der Waals surface area contributed by atoms with Crippen LogP contribution in [0.25, 0.3) is 0 Å². The van der Waals surface area contributed by atoms with Gasteiger partial charge in [0.05, 0.1) is 6.08 Å². The van der Waals surface area contributed by atoms with E-state index in [0.29, 0.717) is 6.08 Å². The normalized spacial score (nSPS) is 6.17. The summed E-state index contributed by atoms with van der Waals surface area (Å²) in [6.07, 6.45) is 0.625. The zero-order chi connectivity index (χ0) is 4.99. The van der Waals surface area contributed by atoms with E-state index in [2.05, 4.69) is 6.58 Å². The summed E-state index contributed by atoms with van der Waals surface area (Å²) in [4.78, 5) is 9.22. The summed E-state index contributed by atoms with van der Waals surface area (Å²) in [5.41, 5.74) is 1.97. The second-order valence-electron chi connectivity index (χ2n) is 0.653. The maximum absolute atomic E-state index is 10.9. The van der Waals surface area contributed by atoms with E-state index >= 15 is 0 Å². The highest BCUT2D eigenvalue weighted by molar-refractivity contribution is 5.80. The summed E-state index contributed by atoms with van der Waals surface area (Å²) in [6.45, 7) is 2.96. The highest BCUT2D eigenvalue weighted by Crippen LogP contribution is 1.69. The van der Waals surface area contributed by atoms with Crippen LogP contribution in [-0.4, -0.2) is 6.04 Å². The standard InChI is InChI=1S/C4H3FO/c1-2-3-4(5)6/h3H,1H2. The zero-order valence-electron chi connectivity index (χ0n) is 3.07. The second-order valence-corrected chi connectivity index (χ2v) is 0.653. The Balaban J connectivity index is 3.60. The molecule has 0 heterocycles. The van der Waals surface area contributed by atoms with Crippen LogP contribution in [0.4, 0.5) is 4.39 Å². The van der Waals surface area contributed by atoms with Crippen LogP contribution >= 0.6 is 0 Å². The van der Waals surface area contributed by atoms with Crippen molar-refractivity contribution >= 4 is 6.04 Å². The second kappa shape index (κ2) is 2.36. The quantitative estimate of drug-likeness (QED) is 0.262. The maximum atomic E-state index is 10.9. The number of hydrogen-bond acceptors (Lipinski definition) is 1. The first kappa shape index (κ1) is 5.12. The molecule has 32 valence electrons. The fourth-order valence-corrected chi connectivity index (χ4v) is 0.0802. The summed E-state index contributed by atoms with van der Waals surface area (Å²) in [5.74, 6) is 0. The lowest BCUT2D eigenvalue weighted by Crippen LogP contribution is -1.71. The Kier molecular flexibility index (Phi) is 2.02. The highest BCUT2D eigenvalue weighted by atomic mass is 19.1. The molecule has 2 heteroatoms. The van der Waals surface area contributed by atoms with Crippen LogP contribution in [-0.2, 0) is 4.79 Å². The van der Waals surface area contributed by atoms with Gasteiger partial charge in [0, 0.05) is 0 Å². The van der Waals surface area contributed by atoms with Crippen molar-refractivity contribution in [2.75, 3.05) is 0 Å². The fourth-order valence-electron chi connectivity index (χ4n) is 0.0802. The first-order valence-corrected chi connectivity index (χ1v) is 1.32. The molecule has 0 aliphatic heterocycles. The van der Waals surface area contributed by atoms with Crippen LogP contribution in [0.2, 0.25) is 0 Å². The monoisotopic (exact) mass is 86.0 g/mol. The van der Waals surface area contributed by atoms with Gasteiger partial charge in [0.15, 0.2) is 0 Å². The van der Waals surface area contributed by atoms with Gasteiger partial charge >= 0.3 is 6.04 Å². The van der Waals surface area contributed by atoms with Gasteiger partial charge in [-0.15, -0.1) is 5.73 Å². The molecule has 0 aromatic heterocycles. The van der Waals surface area contributed by atoms with Crippen LogP contribution in [0.1, 0.15) is 0 Å². The molecule has 0 aliphatic carbocycles. The molecule has 0 bridgehead atoms. The number of halogens is 1. The van der Waals surface area contributed by atoms with Crippen molar-refractivity contribution in [1.82, 2.24) is 0 Å². The average molecular weight is 86.1 g/mol. The first-order valence-electron chi connectivity index (χ1n) is 1.32. The molecule has 0 radical (unpaired) electrons. The van der Waals surface area contributed by atoms with Crippen molar-refractivity contribution in [3.05, 3.63) is 18.4 Å². The summed E-state index contributed by atoms with van der Waals surface area (Å²) in [6, 6.07) is -1.51. The molecule has 0 spiro atoms. The lowest BCUT2D eigenvalue weighted by atomic mass is 10.6. The van der Waals surface area contributed by atoms with E-state index in [9.17, 15) is 9.18 Å². The van der Waals surface area contributed by atoms with Gasteiger partial charge in [0.25, 0.3) is 0 Å². The number of carbonyl (C=O) groups is 1. The SMILES string of the molecule is C=C=CC(=O)F. The molecule has 1 nitrogen and oxygen atoms in total. The van der Waals surface area contributed by atoms with Crippen molar-refractivity contribution in [2.24, 2.45) is 0 Å². The number of rotatable bonds is 1. The van der Waals surface area contributed by atoms with E-state index < -0.39 is 6.04 Å². The Labute approximate surface area is 34.8 Å². The van der Waals surface area contributed by atoms with Crippen LogP contribution < -0.4 is 0 Å². The maximum Gasteiger partial charge on any atom is 0.332 e. The van der Waals surface area contributed by atoms with Crippen molar-refractivity contribution in [3.63, 3.8) is 0 Å². The van der Waals surface area contributed by atoms with Gasteiger partial charge in [-0.1, -0.05) is 6.58 Å². The van der Waals surface area contributed by atoms with Gasteiger partial charge in [-0.25, -0.2) is 0 Å². The van der Waals surface area contributed by atoms with Gasteiger partial charge in [0.1, 0.15) is 0 Å². The Morgan fingerprint density at radius 2 is 2.50 bits per heavy atom. The topological polar surface area (TPSA) is 17.1 Å². The molecule has 0 unspecified atom stereocenters. The van der Waals surface area contributed by atoms with Crippen LogP contribution in [0.5, 0.6) is 0 Å². The molecular formula is C4H3FO. The molecular weight excluding hydrogens is 83.0 g/mol. The molecule has 0 saturated carbocycles. The Hall–Kier alpha value is -0.880. The lowest BCUT2D eigenvalue weighted by Gasteiger charge is -1.58. The summed E-state index contributed by atoms with van der Waals surface area (Å²) >= 11 is 0. The molecule has 6 heavy (non-hydrogen) atoms. The van der Waals surface area contributed by atoms with Crippen LogP contribution in [0.3, 0.4) is 0 Å².